The Hall–Kier alpha value is -2.34. The Balaban J connectivity index is 1.54. The molecule has 1 amide bonds. The zero-order valence-electron chi connectivity index (χ0n) is 16.5. The molecule has 1 fully saturated rings. The third-order valence-electron chi connectivity index (χ3n) is 5.29. The molecule has 0 bridgehead atoms. The van der Waals surface area contributed by atoms with E-state index in [0.717, 1.165) is 42.9 Å². The Morgan fingerprint density at radius 2 is 2.11 bits per heavy atom. The average Bonchev–Trinajstić information content (AvgIpc) is 3.00. The average molecular weight is 372 g/mol. The third kappa shape index (κ3) is 5.10. The number of likely N-dealkylation sites (tertiary alicyclic amines) is 1. The number of rotatable bonds is 7. The van der Waals surface area contributed by atoms with Crippen molar-refractivity contribution in [2.75, 3.05) is 19.6 Å². The van der Waals surface area contributed by atoms with Crippen LogP contribution in [0.15, 0.2) is 28.8 Å². The summed E-state index contributed by atoms with van der Waals surface area (Å²) in [6, 6.07) is 7.61. The van der Waals surface area contributed by atoms with Crippen LogP contribution in [0.25, 0.3) is 0 Å². The van der Waals surface area contributed by atoms with E-state index in [9.17, 15) is 4.79 Å². The van der Waals surface area contributed by atoms with Gasteiger partial charge in [0, 0.05) is 24.4 Å². The highest BCUT2D eigenvalue weighted by Gasteiger charge is 2.23. The molecule has 27 heavy (non-hydrogen) atoms. The van der Waals surface area contributed by atoms with Crippen molar-refractivity contribution in [3.05, 3.63) is 46.8 Å². The van der Waals surface area contributed by atoms with Gasteiger partial charge < -0.3 is 19.5 Å². The van der Waals surface area contributed by atoms with Crippen LogP contribution in [0, 0.1) is 13.8 Å². The molecule has 0 radical (unpaired) electrons. The highest BCUT2D eigenvalue weighted by atomic mass is 16.5. The quantitative estimate of drug-likeness (QED) is 0.781. The minimum Gasteiger partial charge on any atom is -0.489 e. The molecule has 0 aliphatic carbocycles. The molecule has 6 nitrogen and oxygen atoms in total. The van der Waals surface area contributed by atoms with Gasteiger partial charge in [-0.1, -0.05) is 18.1 Å². The van der Waals surface area contributed by atoms with Crippen molar-refractivity contribution in [1.82, 2.24) is 10.5 Å². The van der Waals surface area contributed by atoms with Gasteiger partial charge in [-0.15, -0.1) is 0 Å². The van der Waals surface area contributed by atoms with Crippen molar-refractivity contribution in [3.63, 3.8) is 0 Å². The van der Waals surface area contributed by atoms with Gasteiger partial charge in [0.25, 0.3) is 5.91 Å². The van der Waals surface area contributed by atoms with E-state index in [1.54, 1.807) is 11.0 Å². The van der Waals surface area contributed by atoms with Crippen LogP contribution in [0.1, 0.15) is 53.6 Å². The Labute approximate surface area is 160 Å². The van der Waals surface area contributed by atoms with Crippen LogP contribution in [0.4, 0.5) is 0 Å². The van der Waals surface area contributed by atoms with Gasteiger partial charge in [0.05, 0.1) is 30.9 Å². The van der Waals surface area contributed by atoms with Crippen molar-refractivity contribution in [1.29, 1.82) is 0 Å². The summed E-state index contributed by atoms with van der Waals surface area (Å²) in [4.78, 5) is 14.3. The molecule has 2 heterocycles. The second-order valence-electron chi connectivity index (χ2n) is 7.37. The van der Waals surface area contributed by atoms with E-state index in [2.05, 4.69) is 17.4 Å². The van der Waals surface area contributed by atoms with Crippen molar-refractivity contribution < 1.29 is 19.0 Å². The van der Waals surface area contributed by atoms with Gasteiger partial charge in [-0.05, 0) is 38.5 Å². The number of amides is 1. The molecule has 1 aliphatic heterocycles. The number of ether oxygens (including phenoxy) is 1. The lowest BCUT2D eigenvalue weighted by atomic mass is 10.0. The molecule has 0 spiro atoms. The molecule has 6 heteroatoms. The lowest BCUT2D eigenvalue weighted by molar-refractivity contribution is -0.905. The molecule has 0 atom stereocenters. The number of hydrogen-bond acceptors (Lipinski definition) is 4. The van der Waals surface area contributed by atoms with Crippen molar-refractivity contribution in [2.45, 2.75) is 52.7 Å². The Morgan fingerprint density at radius 1 is 1.33 bits per heavy atom. The van der Waals surface area contributed by atoms with Gasteiger partial charge in [0.15, 0.2) is 0 Å². The number of nitrogens with one attached hydrogen (secondary N) is 2. The molecule has 146 valence electrons. The lowest BCUT2D eigenvalue weighted by Crippen LogP contribution is -3.13. The highest BCUT2D eigenvalue weighted by molar-refractivity contribution is 5.94. The molecule has 3 rings (SSSR count). The van der Waals surface area contributed by atoms with E-state index < -0.39 is 0 Å². The fourth-order valence-corrected chi connectivity index (χ4v) is 3.63. The first-order valence-electron chi connectivity index (χ1n) is 9.86. The predicted molar refractivity (Wildman–Crippen MR) is 103 cm³/mol. The van der Waals surface area contributed by atoms with E-state index in [0.29, 0.717) is 17.9 Å². The number of nitrogens with zero attached hydrogens (tertiary/aromatic N) is 1. The summed E-state index contributed by atoms with van der Waals surface area (Å²) in [5, 5.41) is 7.12. The zero-order chi connectivity index (χ0) is 19.2. The molecular formula is C21H30N3O3+. The molecule has 2 N–H and O–H groups in total. The van der Waals surface area contributed by atoms with Crippen LogP contribution >= 0.6 is 0 Å². The highest BCUT2D eigenvalue weighted by Crippen LogP contribution is 2.18. The SMILES string of the molecule is CCC[NH+]1CCC(NC(=O)c2cccc(OCc3c(C)noc3C)c2)CC1. The molecule has 0 saturated carbocycles. The van der Waals surface area contributed by atoms with Gasteiger partial charge in [-0.25, -0.2) is 0 Å². The molecule has 1 aromatic carbocycles. The van der Waals surface area contributed by atoms with Crippen LogP contribution in [-0.4, -0.2) is 36.7 Å². The number of carbonyl (C=O) groups is 1. The predicted octanol–water partition coefficient (Wildman–Crippen LogP) is 2.06. The standard InChI is InChI=1S/C21H29N3O3/c1-4-10-24-11-8-18(9-12-24)22-21(25)17-6-5-7-19(13-17)26-14-20-15(2)23-27-16(20)3/h5-7,13,18H,4,8-12,14H2,1-3H3,(H,22,25)/p+1. The molecule has 1 aliphatic rings. The second-order valence-corrected chi connectivity index (χ2v) is 7.37. The number of hydrogen-bond donors (Lipinski definition) is 2. The number of piperidine rings is 1. The maximum atomic E-state index is 12.6. The largest absolute Gasteiger partial charge is 0.489 e. The van der Waals surface area contributed by atoms with Crippen LogP contribution in [0.5, 0.6) is 5.75 Å². The summed E-state index contributed by atoms with van der Waals surface area (Å²) in [6.45, 7) is 9.87. The molecule has 1 saturated heterocycles. The second kappa shape index (κ2) is 9.04. The summed E-state index contributed by atoms with van der Waals surface area (Å²) in [6.07, 6.45) is 3.31. The first-order valence-corrected chi connectivity index (χ1v) is 9.86. The summed E-state index contributed by atoms with van der Waals surface area (Å²) in [7, 11) is 0. The normalized spacial score (nSPS) is 19.7. The van der Waals surface area contributed by atoms with Crippen molar-refractivity contribution >= 4 is 5.91 Å². The molecular weight excluding hydrogens is 342 g/mol. The first kappa shape index (κ1) is 19.4. The Bertz CT molecular complexity index is 744. The van der Waals surface area contributed by atoms with Crippen molar-refractivity contribution in [2.24, 2.45) is 0 Å². The number of aryl methyl sites for hydroxylation is 2. The minimum absolute atomic E-state index is 0.0262. The topological polar surface area (TPSA) is 68.8 Å². The van der Waals surface area contributed by atoms with Crippen LogP contribution < -0.4 is 15.0 Å². The van der Waals surface area contributed by atoms with E-state index in [1.165, 1.54) is 13.0 Å². The summed E-state index contributed by atoms with van der Waals surface area (Å²) < 4.78 is 11.0. The molecule has 2 aromatic rings. The first-order chi connectivity index (χ1) is 13.1. The van der Waals surface area contributed by atoms with Crippen LogP contribution in [0.2, 0.25) is 0 Å². The van der Waals surface area contributed by atoms with Gasteiger partial charge in [0.1, 0.15) is 18.1 Å². The zero-order valence-corrected chi connectivity index (χ0v) is 16.5. The Kier molecular flexibility index (Phi) is 6.50. The van der Waals surface area contributed by atoms with Crippen LogP contribution in [-0.2, 0) is 6.61 Å². The maximum Gasteiger partial charge on any atom is 0.251 e. The maximum absolute atomic E-state index is 12.6. The van der Waals surface area contributed by atoms with Gasteiger partial charge in [-0.2, -0.15) is 0 Å². The van der Waals surface area contributed by atoms with E-state index in [4.69, 9.17) is 9.26 Å². The Morgan fingerprint density at radius 3 is 2.78 bits per heavy atom. The summed E-state index contributed by atoms with van der Waals surface area (Å²) in [5.41, 5.74) is 2.42. The fraction of sp³-hybridized carbons (Fsp3) is 0.524. The number of benzene rings is 1. The minimum atomic E-state index is -0.0262. The van der Waals surface area contributed by atoms with E-state index in [1.807, 2.05) is 32.0 Å². The van der Waals surface area contributed by atoms with Crippen molar-refractivity contribution in [3.8, 4) is 5.75 Å². The smallest absolute Gasteiger partial charge is 0.251 e. The molecule has 1 aromatic heterocycles. The van der Waals surface area contributed by atoms with E-state index >= 15 is 0 Å². The number of quaternary nitrogens is 1. The molecule has 0 unspecified atom stereocenters. The monoisotopic (exact) mass is 372 g/mol. The third-order valence-corrected chi connectivity index (χ3v) is 5.29. The van der Waals surface area contributed by atoms with Gasteiger partial charge in [-0.3, -0.25) is 4.79 Å². The number of aromatic nitrogens is 1. The lowest BCUT2D eigenvalue weighted by Gasteiger charge is -2.29. The van der Waals surface area contributed by atoms with E-state index in [-0.39, 0.29) is 11.9 Å². The summed E-state index contributed by atoms with van der Waals surface area (Å²) >= 11 is 0. The van der Waals surface area contributed by atoms with Gasteiger partial charge in [0.2, 0.25) is 0 Å². The fourth-order valence-electron chi connectivity index (χ4n) is 3.63. The van der Waals surface area contributed by atoms with Gasteiger partial charge >= 0.3 is 0 Å². The summed E-state index contributed by atoms with van der Waals surface area (Å²) in [5.74, 6) is 1.41. The van der Waals surface area contributed by atoms with Crippen LogP contribution in [0.3, 0.4) is 0 Å². The number of carbonyl (C=O) groups excluding carboxylic acids is 1.